The zero-order chi connectivity index (χ0) is 14.5. The molecule has 1 N–H and O–H groups in total. The minimum atomic E-state index is -3.67. The van der Waals surface area contributed by atoms with Gasteiger partial charge in [-0.3, -0.25) is 4.79 Å². The summed E-state index contributed by atoms with van der Waals surface area (Å²) >= 11 is 0. The fourth-order valence-corrected chi connectivity index (χ4v) is 6.32. The Bertz CT molecular complexity index is 478. The summed E-state index contributed by atoms with van der Waals surface area (Å²) < 4.78 is 25.3. The maximum atomic E-state index is 12.0. The van der Waals surface area contributed by atoms with Crippen LogP contribution in [0.3, 0.4) is 0 Å². The van der Waals surface area contributed by atoms with E-state index in [1.807, 2.05) is 0 Å². The molecule has 0 radical (unpaired) electrons. The molecular weight excluding hydrogens is 278 g/mol. The van der Waals surface area contributed by atoms with Gasteiger partial charge >= 0.3 is 5.97 Å². The number of sulfonamides is 1. The largest absolute Gasteiger partial charge is 0.480 e. The zero-order valence-corrected chi connectivity index (χ0v) is 12.7. The highest BCUT2D eigenvalue weighted by Crippen LogP contribution is 2.60. The maximum Gasteiger partial charge on any atom is 0.320 e. The second-order valence-corrected chi connectivity index (χ2v) is 9.40. The number of hydrogen-bond donors (Lipinski definition) is 1. The molecule has 0 atom stereocenters. The fourth-order valence-electron chi connectivity index (χ4n) is 5.32. The van der Waals surface area contributed by atoms with Gasteiger partial charge in [0.1, 0.15) is 0 Å². The fraction of sp³-hybridized carbons (Fsp3) is 0.929. The number of carboxylic acid groups (broad SMARTS) is 1. The van der Waals surface area contributed by atoms with Crippen molar-refractivity contribution in [3.05, 3.63) is 0 Å². The summed E-state index contributed by atoms with van der Waals surface area (Å²) in [4.78, 5) is 10.7. The van der Waals surface area contributed by atoms with Crippen LogP contribution in [-0.4, -0.2) is 43.1 Å². The topological polar surface area (TPSA) is 74.7 Å². The molecule has 0 aromatic carbocycles. The lowest BCUT2D eigenvalue weighted by molar-refractivity contribution is -0.134. The number of aliphatic carboxylic acids is 1. The van der Waals surface area contributed by atoms with E-state index in [0.717, 1.165) is 37.0 Å². The van der Waals surface area contributed by atoms with Crippen molar-refractivity contribution in [1.29, 1.82) is 0 Å². The van der Waals surface area contributed by atoms with Crippen LogP contribution < -0.4 is 0 Å². The van der Waals surface area contributed by atoms with Gasteiger partial charge in [-0.05, 0) is 61.7 Å². The minimum Gasteiger partial charge on any atom is -0.480 e. The Morgan fingerprint density at radius 1 is 1.15 bits per heavy atom. The average Bonchev–Trinajstić information content (AvgIpc) is 2.23. The average molecular weight is 301 g/mol. The minimum absolute atomic E-state index is 0.120. The molecule has 0 aromatic heterocycles. The van der Waals surface area contributed by atoms with Gasteiger partial charge in [-0.15, -0.1) is 0 Å². The molecule has 0 amide bonds. The van der Waals surface area contributed by atoms with Gasteiger partial charge in [-0.2, -0.15) is 0 Å². The van der Waals surface area contributed by atoms with E-state index in [-0.39, 0.29) is 5.41 Å². The Hall–Kier alpha value is -0.620. The first-order chi connectivity index (χ1) is 9.28. The normalized spacial score (nSPS) is 39.4. The lowest BCUT2D eigenvalue weighted by Gasteiger charge is -2.57. The molecule has 4 fully saturated rings. The van der Waals surface area contributed by atoms with Gasteiger partial charge in [0.05, 0.1) is 0 Å². The molecule has 4 aliphatic carbocycles. The highest BCUT2D eigenvalue weighted by Gasteiger charge is 2.51. The van der Waals surface area contributed by atoms with Gasteiger partial charge < -0.3 is 5.11 Å². The number of carbonyl (C=O) groups is 1. The monoisotopic (exact) mass is 301 g/mol. The van der Waals surface area contributed by atoms with Crippen molar-refractivity contribution in [3.8, 4) is 0 Å². The van der Waals surface area contributed by atoms with Crippen LogP contribution in [0.1, 0.15) is 38.5 Å². The van der Waals surface area contributed by atoms with Crippen molar-refractivity contribution in [1.82, 2.24) is 4.31 Å². The third-order valence-electron chi connectivity index (χ3n) is 5.50. The molecule has 4 saturated carbocycles. The lowest BCUT2D eigenvalue weighted by atomic mass is 9.49. The smallest absolute Gasteiger partial charge is 0.320 e. The van der Waals surface area contributed by atoms with E-state index < -0.39 is 21.7 Å². The van der Waals surface area contributed by atoms with Crippen LogP contribution in [0.4, 0.5) is 0 Å². The number of nitrogens with zero attached hydrogens (tertiary/aromatic N) is 1. The Labute approximate surface area is 120 Å². The molecule has 114 valence electrons. The molecule has 6 heteroatoms. The molecular formula is C14H23NO4S. The Kier molecular flexibility index (Phi) is 3.36. The van der Waals surface area contributed by atoms with E-state index in [9.17, 15) is 13.2 Å². The Morgan fingerprint density at radius 2 is 1.60 bits per heavy atom. The summed E-state index contributed by atoms with van der Waals surface area (Å²) in [6.45, 7) is 0.506. The molecule has 20 heavy (non-hydrogen) atoms. The van der Waals surface area contributed by atoms with E-state index >= 15 is 0 Å². The van der Waals surface area contributed by atoms with Crippen molar-refractivity contribution in [3.63, 3.8) is 0 Å². The summed E-state index contributed by atoms with van der Waals surface area (Å²) in [7, 11) is -2.13. The third kappa shape index (κ3) is 2.60. The van der Waals surface area contributed by atoms with Gasteiger partial charge in [0.25, 0.3) is 0 Å². The number of hydrogen-bond acceptors (Lipinski definition) is 3. The number of carboxylic acids is 1. The van der Waals surface area contributed by atoms with Crippen LogP contribution in [0.2, 0.25) is 0 Å². The van der Waals surface area contributed by atoms with Crippen LogP contribution in [0.25, 0.3) is 0 Å². The van der Waals surface area contributed by atoms with Gasteiger partial charge in [-0.25, -0.2) is 12.7 Å². The molecule has 5 nitrogen and oxygen atoms in total. The van der Waals surface area contributed by atoms with Gasteiger partial charge in [-0.1, -0.05) is 0 Å². The second kappa shape index (κ2) is 4.70. The van der Waals surface area contributed by atoms with Crippen molar-refractivity contribution in [2.24, 2.45) is 23.2 Å². The van der Waals surface area contributed by atoms with Crippen LogP contribution in [0.5, 0.6) is 0 Å². The van der Waals surface area contributed by atoms with E-state index in [2.05, 4.69) is 0 Å². The van der Waals surface area contributed by atoms with Crippen molar-refractivity contribution >= 4 is 16.0 Å². The third-order valence-corrected chi connectivity index (χ3v) is 7.19. The quantitative estimate of drug-likeness (QED) is 0.836. The summed E-state index contributed by atoms with van der Waals surface area (Å²) in [5.41, 5.74) is 0.120. The van der Waals surface area contributed by atoms with E-state index in [4.69, 9.17) is 5.11 Å². The lowest BCUT2D eigenvalue weighted by Crippen LogP contribution is -2.51. The summed E-state index contributed by atoms with van der Waals surface area (Å²) in [5, 5.41) is 8.72. The predicted molar refractivity (Wildman–Crippen MR) is 74.7 cm³/mol. The summed E-state index contributed by atoms with van der Waals surface area (Å²) in [6.07, 6.45) is 7.37. The molecule has 0 aliphatic heterocycles. The second-order valence-electron chi connectivity index (χ2n) is 7.32. The van der Waals surface area contributed by atoms with Crippen LogP contribution >= 0.6 is 0 Å². The van der Waals surface area contributed by atoms with Crippen LogP contribution in [0, 0.1) is 23.2 Å². The summed E-state index contributed by atoms with van der Waals surface area (Å²) in [5.74, 6) is 0.253. The molecule has 4 bridgehead atoms. The standard InChI is InChI=1S/C14H23NO4S/c1-15(20(18,19)8-13(16)17)9-14-5-10-2-11(6-14)4-12(3-10)7-14/h10-12H,2-9H2,1H3,(H,16,17). The molecule has 0 spiro atoms. The first-order valence-corrected chi connectivity index (χ1v) is 9.05. The number of rotatable bonds is 5. The van der Waals surface area contributed by atoms with Crippen molar-refractivity contribution < 1.29 is 18.3 Å². The summed E-state index contributed by atoms with van der Waals surface area (Å²) in [6, 6.07) is 0. The first kappa shape index (κ1) is 14.3. The van der Waals surface area contributed by atoms with Crippen molar-refractivity contribution in [2.45, 2.75) is 38.5 Å². The zero-order valence-electron chi connectivity index (χ0n) is 11.9. The van der Waals surface area contributed by atoms with Gasteiger partial charge in [0.15, 0.2) is 5.75 Å². The van der Waals surface area contributed by atoms with Crippen LogP contribution in [0.15, 0.2) is 0 Å². The predicted octanol–water partition coefficient (Wildman–Crippen LogP) is 1.55. The molecule has 4 rings (SSSR count). The maximum absolute atomic E-state index is 12.0. The Morgan fingerprint density at radius 3 is 2.00 bits per heavy atom. The van der Waals surface area contributed by atoms with E-state index in [1.54, 1.807) is 0 Å². The molecule has 0 unspecified atom stereocenters. The molecule has 0 heterocycles. The van der Waals surface area contributed by atoms with Gasteiger partial charge in [0, 0.05) is 13.6 Å². The first-order valence-electron chi connectivity index (χ1n) is 7.44. The molecule has 4 aliphatic rings. The van der Waals surface area contributed by atoms with Crippen molar-refractivity contribution in [2.75, 3.05) is 19.3 Å². The van der Waals surface area contributed by atoms with E-state index in [1.165, 1.54) is 30.6 Å². The van der Waals surface area contributed by atoms with Gasteiger partial charge in [0.2, 0.25) is 10.0 Å². The molecule has 0 saturated heterocycles. The highest BCUT2D eigenvalue weighted by atomic mass is 32.2. The van der Waals surface area contributed by atoms with E-state index in [0.29, 0.717) is 6.54 Å². The SMILES string of the molecule is CN(CC12CC3CC(CC(C3)C1)C2)S(=O)(=O)CC(=O)O. The Balaban J connectivity index is 1.73. The van der Waals surface area contributed by atoms with Crippen LogP contribution in [-0.2, 0) is 14.8 Å². The molecule has 0 aromatic rings. The highest BCUT2D eigenvalue weighted by molar-refractivity contribution is 7.89.